The largest absolute Gasteiger partial charge is 0.334 e. The van der Waals surface area contributed by atoms with Gasteiger partial charge >= 0.3 is 6.92 Å². The summed E-state index contributed by atoms with van der Waals surface area (Å²) >= 11 is 4.41. The lowest BCUT2D eigenvalue weighted by Crippen LogP contribution is -2.09. The maximum atomic E-state index is 10.6. The monoisotopic (exact) mass is 915 g/mol. The second-order valence-corrected chi connectivity index (χ2v) is 23.8. The molecule has 0 amide bonds. The highest BCUT2D eigenvalue weighted by Gasteiger charge is 1.98. The Bertz CT molecular complexity index is 541. The van der Waals surface area contributed by atoms with Gasteiger partial charge in [-0.3, -0.25) is 4.89 Å². The zero-order valence-corrected chi connectivity index (χ0v) is 43.5. The Labute approximate surface area is 362 Å². The van der Waals surface area contributed by atoms with Crippen LogP contribution in [0.15, 0.2) is 49.5 Å². The van der Waals surface area contributed by atoms with Crippen LogP contribution in [0.2, 0.25) is 117 Å². The van der Waals surface area contributed by atoms with E-state index in [1.54, 1.807) is 5.67 Å². The predicted molar refractivity (Wildman–Crippen MR) is 283 cm³/mol. The van der Waals surface area contributed by atoms with Gasteiger partial charge in [0.2, 0.25) is 0 Å². The summed E-state index contributed by atoms with van der Waals surface area (Å²) in [5.74, 6) is 0. The lowest BCUT2D eigenvalue weighted by molar-refractivity contribution is -0.207. The zero-order chi connectivity index (χ0) is 40.8. The molecule has 20 heteroatoms. The minimum absolute atomic E-state index is 0. The number of hydrogen-bond acceptors (Lipinski definition) is 4. The van der Waals surface area contributed by atoms with Crippen LogP contribution in [0.1, 0.15) is 52.4 Å². The number of rotatable bonds is 13. The van der Waals surface area contributed by atoms with Crippen LogP contribution in [-0.4, -0.2) is 92.5 Å². The summed E-state index contributed by atoms with van der Waals surface area (Å²) in [5, 5.41) is -0.861. The average molecular weight is 915 g/mol. The normalized spacial score (nSPS) is 8.15. The van der Waals surface area contributed by atoms with Gasteiger partial charge in [0.1, 0.15) is 13.4 Å². The second-order valence-electron chi connectivity index (χ2n) is 11.0. The number of hydrogen-bond donors (Lipinski definition) is 0. The summed E-state index contributed by atoms with van der Waals surface area (Å²) in [4.78, 5) is 23.7. The van der Waals surface area contributed by atoms with Crippen molar-refractivity contribution in [3.05, 3.63) is 59.4 Å². The molecule has 0 aliphatic heterocycles. The number of halogens is 6. The molecular formula is C34H99B4ClF5O4Si6. The smallest absolute Gasteiger partial charge is 0.306 e. The van der Waals surface area contributed by atoms with Gasteiger partial charge in [-0.1, -0.05) is 180 Å². The van der Waals surface area contributed by atoms with Crippen LogP contribution >= 0.6 is 11.6 Å². The van der Waals surface area contributed by atoms with Crippen LogP contribution in [-0.2, 0) is 9.69 Å². The summed E-state index contributed by atoms with van der Waals surface area (Å²) < 4.78 is 51.1. The standard InChI is InChI=1S/C5H15BO2Si.C5H15BSi.C4H14Si2.C3H9B.C3H10Si.C3H8Si.C2H2ClF.2C2H2F2.5CH4.B.O2.H2/c1-6(2)8-7-4-5-9-3;1-6(2)4-5-7-3;1-3-6-4-5-2;1-4(2)3;2*1-3-4-2;3*1-2(3)4;;;;;;;1-2;/h4-5,9H2,1-3H3;4-5,7H2,1-3H3;3-6H2,1-2H3;1-3H3;3-4H2,1-2H3;3H,1,4H2,2H3;3*1H2;5*1H4;;;1H/i;;;;;;;;;;;;;;;;1+1. The highest BCUT2D eigenvalue weighted by atomic mass is 35.5. The molecule has 0 saturated carbocycles. The van der Waals surface area contributed by atoms with Crippen LogP contribution in [0.4, 0.5) is 22.0 Å². The summed E-state index contributed by atoms with van der Waals surface area (Å²) in [6, 6.07) is 5.74. The van der Waals surface area contributed by atoms with Crippen molar-refractivity contribution in [2.45, 2.75) is 168 Å². The summed E-state index contributed by atoms with van der Waals surface area (Å²) in [6.45, 7) is 44.5. The van der Waals surface area contributed by atoms with Crippen molar-refractivity contribution in [1.29, 1.82) is 0 Å². The van der Waals surface area contributed by atoms with E-state index in [1.807, 2.05) is 19.3 Å². The Hall–Kier alpha value is -0.0190. The topological polar surface area (TPSA) is 52.6 Å². The van der Waals surface area contributed by atoms with Gasteiger partial charge in [0, 0.05) is 76.9 Å². The molecule has 0 aromatic heterocycles. The van der Waals surface area contributed by atoms with Gasteiger partial charge in [-0.25, -0.2) is 0 Å². The minimum atomic E-state index is -1.83. The van der Waals surface area contributed by atoms with E-state index in [1.165, 1.54) is 30.5 Å². The van der Waals surface area contributed by atoms with E-state index in [0.29, 0.717) is 38.1 Å². The molecule has 0 bridgehead atoms. The first-order valence-electron chi connectivity index (χ1n) is 17.3. The van der Waals surface area contributed by atoms with Gasteiger partial charge in [-0.15, -0.1) is 12.3 Å². The van der Waals surface area contributed by atoms with Gasteiger partial charge in [0.15, 0.2) is 5.29 Å². The minimum Gasteiger partial charge on any atom is -0.306 e. The molecule has 4 nitrogen and oxygen atoms in total. The Kier molecular flexibility index (Phi) is 241. The highest BCUT2D eigenvalue weighted by molar-refractivity contribution is 6.57. The first-order valence-corrected chi connectivity index (χ1v) is 31.5. The van der Waals surface area contributed by atoms with E-state index >= 15 is 0 Å². The Morgan fingerprint density at radius 1 is 0.704 bits per heavy atom. The lowest BCUT2D eigenvalue weighted by atomic mass is 9.53. The van der Waals surface area contributed by atoms with E-state index in [4.69, 9.17) is 19.6 Å². The third kappa shape index (κ3) is 602. The molecule has 0 aliphatic rings. The molecule has 0 aromatic rings. The van der Waals surface area contributed by atoms with E-state index < -0.39 is 17.4 Å². The van der Waals surface area contributed by atoms with Crippen molar-refractivity contribution in [2.24, 2.45) is 0 Å². The van der Waals surface area contributed by atoms with Crippen LogP contribution in [0, 0.1) is 9.93 Å². The molecule has 0 heterocycles. The fourth-order valence-corrected chi connectivity index (χ4v) is 7.13. The predicted octanol–water partition coefficient (Wildman–Crippen LogP) is 12.3. The quantitative estimate of drug-likeness (QED) is 0.0607. The van der Waals surface area contributed by atoms with Gasteiger partial charge in [-0.05, 0) is 19.2 Å². The average Bonchev–Trinajstić information content (AvgIpc) is 2.98. The van der Waals surface area contributed by atoms with Gasteiger partial charge in [0.05, 0.1) is 6.61 Å². The van der Waals surface area contributed by atoms with Gasteiger partial charge in [-0.2, -0.15) is 22.0 Å². The molecular weight excluding hydrogens is 815 g/mol. The Morgan fingerprint density at radius 2 is 0.981 bits per heavy atom. The molecule has 0 fully saturated rings. The molecule has 0 atom stereocenters. The van der Waals surface area contributed by atoms with Crippen molar-refractivity contribution in [2.75, 3.05) is 6.61 Å². The van der Waals surface area contributed by atoms with Crippen LogP contribution < -0.4 is 0 Å². The third-order valence-corrected chi connectivity index (χ3v) is 12.9. The van der Waals surface area contributed by atoms with E-state index in [2.05, 4.69) is 119 Å². The van der Waals surface area contributed by atoms with Crippen LogP contribution in [0.25, 0.3) is 0 Å². The fraction of sp³-hybridized carbons (Fsp3) is 0.765. The maximum Gasteiger partial charge on any atom is 0.334 e. The van der Waals surface area contributed by atoms with Gasteiger partial charge < -0.3 is 4.81 Å². The molecule has 0 rings (SSSR count). The second kappa shape index (κ2) is 124. The molecule has 0 saturated heterocycles. The Balaban J connectivity index is -0.0000000196. The molecule has 0 aromatic carbocycles. The zero-order valence-electron chi connectivity index (χ0n) is 34.3. The van der Waals surface area contributed by atoms with E-state index in [9.17, 15) is 22.0 Å². The maximum absolute atomic E-state index is 10.6. The lowest BCUT2D eigenvalue weighted by Gasteiger charge is -2.02. The Morgan fingerprint density at radius 3 is 1.09 bits per heavy atom. The molecule has 0 N–H and O–H groups in total. The summed E-state index contributed by atoms with van der Waals surface area (Å²) in [7, 11) is 2.10. The van der Waals surface area contributed by atoms with Crippen LogP contribution in [0.5, 0.6) is 0 Å². The first kappa shape index (κ1) is 105. The fourth-order valence-electron chi connectivity index (χ4n) is 1.50. The van der Waals surface area contributed by atoms with Crippen molar-refractivity contribution in [3.8, 4) is 0 Å². The van der Waals surface area contributed by atoms with Crippen molar-refractivity contribution in [1.82, 2.24) is 0 Å². The summed E-state index contributed by atoms with van der Waals surface area (Å²) in [6.07, 6.45) is -2.21. The van der Waals surface area contributed by atoms with Crippen molar-refractivity contribution in [3.63, 3.8) is 0 Å². The van der Waals surface area contributed by atoms with Gasteiger partial charge in [0.25, 0.3) is 12.2 Å². The molecule has 54 heavy (non-hydrogen) atoms. The first-order chi connectivity index (χ1) is 22.2. The van der Waals surface area contributed by atoms with Crippen molar-refractivity contribution < 1.29 is 33.1 Å². The van der Waals surface area contributed by atoms with Crippen LogP contribution in [0.3, 0.4) is 0 Å². The highest BCUT2D eigenvalue weighted by Crippen LogP contribution is 1.95. The molecule has 0 spiro atoms. The van der Waals surface area contributed by atoms with E-state index in [-0.39, 0.29) is 72.9 Å². The molecule has 3 radical (unpaired) electrons. The van der Waals surface area contributed by atoms with Crippen molar-refractivity contribution >= 4 is 97.5 Å². The molecule has 0 aliphatic carbocycles. The van der Waals surface area contributed by atoms with E-state index in [0.717, 1.165) is 20.0 Å². The molecule has 0 unspecified atom stereocenters. The summed E-state index contributed by atoms with van der Waals surface area (Å²) in [5.41, 5.74) is 3.70. The SMILES string of the molecule is C.C.C.C.C.C=C(F)Cl.C=C(F)F.C=C(F)F.C=C[SiH2]C.CB(C)C.CC[SiH2]C.CC[SiH2]C[SiH2]C.C[SiH2]CCB(C)C.C[SiH2]CCOOB(C)C.O=O.[2HH].[B]. The third-order valence-electron chi connectivity index (χ3n) is 3.72. The molecule has 337 valence electrons.